The quantitative estimate of drug-likeness (QED) is 0.353. The maximum absolute atomic E-state index is 11.0. The van der Waals surface area contributed by atoms with E-state index < -0.39 is 10.0 Å². The maximum atomic E-state index is 11.0. The Hall–Kier alpha value is 0.160. The molecule has 0 aliphatic rings. The molecule has 13 heavy (non-hydrogen) atoms. The van der Waals surface area contributed by atoms with Crippen molar-refractivity contribution in [2.75, 3.05) is 7.11 Å². The first-order chi connectivity index (χ1) is 6.13. The largest absolute Gasteiger partial charge is 0.468 e. The molecule has 0 saturated heterocycles. The lowest BCUT2D eigenvalue weighted by atomic mass is 10.1. The lowest BCUT2D eigenvalue weighted by Crippen LogP contribution is -2.29. The maximum Gasteiger partial charge on any atom is 0.321 e. The van der Waals surface area contributed by atoms with Crippen LogP contribution in [0.1, 0.15) is 32.6 Å². The number of aliphatic hydroxyl groups is 1. The fraction of sp³-hybridized carbons (Fsp3) is 0.889. The van der Waals surface area contributed by atoms with Crippen molar-refractivity contribution in [3.8, 4) is 0 Å². The molecule has 3 nitrogen and oxygen atoms in total. The molecule has 2 atom stereocenters. The first-order valence-corrected chi connectivity index (χ1v) is 5.78. The van der Waals surface area contributed by atoms with Crippen molar-refractivity contribution in [2.24, 2.45) is 0 Å². The standard InChI is InChI=1S/C9H17IO3/c1-3-4-5-6-7(11)8(10)9(12)13-2/h7-8,11H,3-6H2,1-2H3/t7-,8-/m0/s1. The minimum absolute atomic E-state index is 0.343. The summed E-state index contributed by atoms with van der Waals surface area (Å²) in [6.45, 7) is 2.11. The van der Waals surface area contributed by atoms with E-state index in [9.17, 15) is 9.90 Å². The van der Waals surface area contributed by atoms with E-state index in [1.54, 1.807) is 0 Å². The van der Waals surface area contributed by atoms with E-state index in [4.69, 9.17) is 0 Å². The molecule has 0 fully saturated rings. The molecule has 1 N–H and O–H groups in total. The van der Waals surface area contributed by atoms with Crippen LogP contribution in [0.3, 0.4) is 0 Å². The fourth-order valence-corrected chi connectivity index (χ4v) is 1.63. The average Bonchev–Trinajstić information content (AvgIpc) is 2.15. The number of hydrogen-bond acceptors (Lipinski definition) is 3. The van der Waals surface area contributed by atoms with E-state index in [1.165, 1.54) is 7.11 Å². The smallest absolute Gasteiger partial charge is 0.321 e. The minimum atomic E-state index is -0.570. The monoisotopic (exact) mass is 300 g/mol. The lowest BCUT2D eigenvalue weighted by molar-refractivity contribution is -0.141. The molecule has 78 valence electrons. The van der Waals surface area contributed by atoms with Crippen LogP contribution in [0, 0.1) is 0 Å². The number of ether oxygens (including phenoxy) is 1. The Balaban J connectivity index is 3.68. The fourth-order valence-electron chi connectivity index (χ4n) is 1.02. The van der Waals surface area contributed by atoms with E-state index >= 15 is 0 Å². The molecule has 0 aliphatic carbocycles. The van der Waals surface area contributed by atoms with Gasteiger partial charge in [-0.3, -0.25) is 4.79 Å². The third-order valence-corrected chi connectivity index (χ3v) is 3.21. The van der Waals surface area contributed by atoms with Gasteiger partial charge in [0.15, 0.2) is 0 Å². The third-order valence-electron chi connectivity index (χ3n) is 1.87. The highest BCUT2D eigenvalue weighted by atomic mass is 127. The predicted octanol–water partition coefficient (Wildman–Crippen LogP) is 1.90. The van der Waals surface area contributed by atoms with Gasteiger partial charge in [-0.2, -0.15) is 0 Å². The van der Waals surface area contributed by atoms with Crippen molar-refractivity contribution >= 4 is 28.6 Å². The second-order valence-corrected chi connectivity index (χ2v) is 4.33. The number of halogens is 1. The molecule has 0 aliphatic heterocycles. The zero-order chi connectivity index (χ0) is 10.3. The second kappa shape index (κ2) is 7.55. The number of methoxy groups -OCH3 is 1. The van der Waals surface area contributed by atoms with E-state index in [2.05, 4.69) is 11.7 Å². The molecule has 0 aromatic rings. The molecule has 0 saturated carbocycles. The number of carbonyl (C=O) groups is 1. The van der Waals surface area contributed by atoms with Gasteiger partial charge in [-0.15, -0.1) is 0 Å². The molecule has 0 aromatic carbocycles. The molecule has 0 radical (unpaired) electrons. The highest BCUT2D eigenvalue weighted by Gasteiger charge is 2.23. The normalized spacial score (nSPS) is 15.1. The van der Waals surface area contributed by atoms with Crippen molar-refractivity contribution in [3.05, 3.63) is 0 Å². The Morgan fingerprint density at radius 1 is 1.54 bits per heavy atom. The van der Waals surface area contributed by atoms with Gasteiger partial charge in [0.1, 0.15) is 3.92 Å². The Morgan fingerprint density at radius 3 is 2.62 bits per heavy atom. The molecular weight excluding hydrogens is 283 g/mol. The molecule has 0 bridgehead atoms. The summed E-state index contributed by atoms with van der Waals surface area (Å²) in [6.07, 6.45) is 3.29. The molecule has 0 spiro atoms. The van der Waals surface area contributed by atoms with Crippen molar-refractivity contribution in [3.63, 3.8) is 0 Å². The summed E-state index contributed by atoms with van der Waals surface area (Å²) in [5, 5.41) is 9.54. The van der Waals surface area contributed by atoms with Crippen molar-refractivity contribution < 1.29 is 14.6 Å². The lowest BCUT2D eigenvalue weighted by Gasteiger charge is -2.14. The predicted molar refractivity (Wildman–Crippen MR) is 60.0 cm³/mol. The highest BCUT2D eigenvalue weighted by molar-refractivity contribution is 14.1. The molecular formula is C9H17IO3. The SMILES string of the molecule is CCCCC[C@H](O)[C@H](I)C(=O)OC. The molecule has 0 unspecified atom stereocenters. The van der Waals surface area contributed by atoms with E-state index in [0.29, 0.717) is 6.42 Å². The first-order valence-electron chi connectivity index (χ1n) is 4.53. The van der Waals surface area contributed by atoms with Gasteiger partial charge in [-0.1, -0.05) is 48.8 Å². The van der Waals surface area contributed by atoms with Crippen molar-refractivity contribution in [2.45, 2.75) is 42.6 Å². The van der Waals surface area contributed by atoms with Gasteiger partial charge < -0.3 is 9.84 Å². The van der Waals surface area contributed by atoms with Gasteiger partial charge in [0.25, 0.3) is 0 Å². The van der Waals surface area contributed by atoms with Gasteiger partial charge in [0.2, 0.25) is 0 Å². The highest BCUT2D eigenvalue weighted by Crippen LogP contribution is 2.14. The summed E-state index contributed by atoms with van der Waals surface area (Å²) < 4.78 is 4.10. The first kappa shape index (κ1) is 13.2. The molecule has 0 aromatic heterocycles. The molecule has 0 heterocycles. The Bertz CT molecular complexity index is 150. The second-order valence-electron chi connectivity index (χ2n) is 2.99. The Labute approximate surface area is 93.0 Å². The van der Waals surface area contributed by atoms with Crippen LogP contribution >= 0.6 is 22.6 Å². The molecule has 0 amide bonds. The van der Waals surface area contributed by atoms with E-state index in [0.717, 1.165) is 19.3 Å². The van der Waals surface area contributed by atoms with Crippen LogP contribution in [0.5, 0.6) is 0 Å². The summed E-state index contributed by atoms with van der Waals surface area (Å²) in [7, 11) is 1.34. The van der Waals surface area contributed by atoms with Crippen LogP contribution in [-0.2, 0) is 9.53 Å². The third kappa shape index (κ3) is 5.46. The zero-order valence-electron chi connectivity index (χ0n) is 8.12. The minimum Gasteiger partial charge on any atom is -0.468 e. The number of unbranched alkanes of at least 4 members (excludes halogenated alkanes) is 2. The van der Waals surface area contributed by atoms with Crippen LogP contribution < -0.4 is 0 Å². The summed E-state index contributed by atoms with van der Waals surface area (Å²) in [6, 6.07) is 0. The van der Waals surface area contributed by atoms with Crippen molar-refractivity contribution in [1.82, 2.24) is 0 Å². The number of aliphatic hydroxyl groups excluding tert-OH is 1. The van der Waals surface area contributed by atoms with Crippen LogP contribution in [0.4, 0.5) is 0 Å². The number of hydrogen-bond donors (Lipinski definition) is 1. The molecule has 4 heteroatoms. The number of rotatable bonds is 6. The van der Waals surface area contributed by atoms with Gasteiger partial charge >= 0.3 is 5.97 Å². The van der Waals surface area contributed by atoms with Gasteiger partial charge in [0.05, 0.1) is 13.2 Å². The number of alkyl halides is 1. The van der Waals surface area contributed by atoms with Crippen LogP contribution in [0.2, 0.25) is 0 Å². The topological polar surface area (TPSA) is 46.5 Å². The van der Waals surface area contributed by atoms with Gasteiger partial charge in [0, 0.05) is 0 Å². The zero-order valence-corrected chi connectivity index (χ0v) is 10.3. The Morgan fingerprint density at radius 2 is 2.15 bits per heavy atom. The van der Waals surface area contributed by atoms with Gasteiger partial charge in [-0.05, 0) is 6.42 Å². The van der Waals surface area contributed by atoms with Crippen molar-refractivity contribution in [1.29, 1.82) is 0 Å². The Kier molecular flexibility index (Phi) is 7.65. The summed E-state index contributed by atoms with van der Waals surface area (Å²) in [5.74, 6) is -0.343. The summed E-state index contributed by atoms with van der Waals surface area (Å²) in [4.78, 5) is 11.0. The van der Waals surface area contributed by atoms with Gasteiger partial charge in [-0.25, -0.2) is 0 Å². The van der Waals surface area contributed by atoms with E-state index in [1.807, 2.05) is 22.6 Å². The van der Waals surface area contributed by atoms with E-state index in [-0.39, 0.29) is 5.97 Å². The van der Waals surface area contributed by atoms with Crippen LogP contribution in [-0.4, -0.2) is 28.2 Å². The van der Waals surface area contributed by atoms with Crippen LogP contribution in [0.15, 0.2) is 0 Å². The number of carbonyl (C=O) groups excluding carboxylic acids is 1. The summed E-state index contributed by atoms with van der Waals surface area (Å²) >= 11 is 1.92. The molecule has 0 rings (SSSR count). The average molecular weight is 300 g/mol. The van der Waals surface area contributed by atoms with Crippen LogP contribution in [0.25, 0.3) is 0 Å². The summed E-state index contributed by atoms with van der Waals surface area (Å²) in [5.41, 5.74) is 0. The number of esters is 1.